The molecular weight excluding hydrogens is 432 g/mol. The maximum Gasteiger partial charge on any atom is 0.313 e. The van der Waals surface area contributed by atoms with Crippen molar-refractivity contribution in [1.82, 2.24) is 0 Å². The molecule has 202 valence electrons. The second-order valence-corrected chi connectivity index (χ2v) is 10.6. The smallest absolute Gasteiger partial charge is 0.313 e. The van der Waals surface area contributed by atoms with E-state index in [0.717, 1.165) is 31.2 Å². The van der Waals surface area contributed by atoms with E-state index in [1.807, 2.05) is 12.1 Å². The number of unbranched alkanes of at least 4 members (excludes halogenated alkanes) is 14. The molecule has 0 aromatic heterocycles. The lowest BCUT2D eigenvalue weighted by molar-refractivity contribution is -0.147. The average Bonchev–Trinajstić information content (AvgIpc) is 2.87. The van der Waals surface area contributed by atoms with E-state index in [2.05, 4.69) is 20.8 Å². The van der Waals surface area contributed by atoms with Gasteiger partial charge in [0.2, 0.25) is 0 Å². The SMILES string of the molecule is CCCCCCCCCCCCCCCCC(C(=O)OCC(CC)CCCC)c1ccc(O)cc1. The van der Waals surface area contributed by atoms with Crippen LogP contribution in [0.15, 0.2) is 24.3 Å². The van der Waals surface area contributed by atoms with Crippen molar-refractivity contribution in [2.45, 2.75) is 149 Å². The lowest BCUT2D eigenvalue weighted by atomic mass is 9.92. The highest BCUT2D eigenvalue weighted by atomic mass is 16.5. The van der Waals surface area contributed by atoms with Crippen molar-refractivity contribution in [3.8, 4) is 5.75 Å². The third-order valence-corrected chi connectivity index (χ3v) is 7.43. The number of esters is 1. The molecular formula is C32H56O3. The van der Waals surface area contributed by atoms with Gasteiger partial charge in [0, 0.05) is 0 Å². The van der Waals surface area contributed by atoms with Crippen molar-refractivity contribution >= 4 is 5.97 Å². The Morgan fingerprint density at radius 1 is 0.686 bits per heavy atom. The quantitative estimate of drug-likeness (QED) is 0.123. The highest BCUT2D eigenvalue weighted by Crippen LogP contribution is 2.27. The predicted molar refractivity (Wildman–Crippen MR) is 150 cm³/mol. The fraction of sp³-hybridized carbons (Fsp3) is 0.781. The van der Waals surface area contributed by atoms with Gasteiger partial charge in [-0.15, -0.1) is 0 Å². The minimum atomic E-state index is -0.225. The van der Waals surface area contributed by atoms with Crippen LogP contribution in [0.4, 0.5) is 0 Å². The van der Waals surface area contributed by atoms with Gasteiger partial charge < -0.3 is 9.84 Å². The largest absolute Gasteiger partial charge is 0.508 e. The molecule has 0 fully saturated rings. The summed E-state index contributed by atoms with van der Waals surface area (Å²) in [4.78, 5) is 13.0. The number of carbonyl (C=O) groups is 1. The molecule has 0 bridgehead atoms. The van der Waals surface area contributed by atoms with E-state index in [4.69, 9.17) is 4.74 Å². The summed E-state index contributed by atoms with van der Waals surface area (Å²) in [6.07, 6.45) is 24.1. The highest BCUT2D eigenvalue weighted by Gasteiger charge is 2.23. The van der Waals surface area contributed by atoms with Crippen LogP contribution in [0.1, 0.15) is 154 Å². The maximum atomic E-state index is 13.0. The van der Waals surface area contributed by atoms with Crippen molar-refractivity contribution in [3.05, 3.63) is 29.8 Å². The van der Waals surface area contributed by atoms with Crippen LogP contribution in [-0.2, 0) is 9.53 Å². The summed E-state index contributed by atoms with van der Waals surface area (Å²) in [7, 11) is 0. The Bertz CT molecular complexity index is 610. The van der Waals surface area contributed by atoms with Crippen molar-refractivity contribution in [2.75, 3.05) is 6.61 Å². The number of rotatable bonds is 23. The fourth-order valence-corrected chi connectivity index (χ4v) is 4.87. The first-order valence-electron chi connectivity index (χ1n) is 15.1. The molecule has 35 heavy (non-hydrogen) atoms. The Labute approximate surface area is 217 Å². The normalized spacial score (nSPS) is 13.0. The molecule has 2 atom stereocenters. The second kappa shape index (κ2) is 21.7. The molecule has 3 nitrogen and oxygen atoms in total. The summed E-state index contributed by atoms with van der Waals surface area (Å²) in [5.41, 5.74) is 0.962. The molecule has 0 aliphatic heterocycles. The Balaban J connectivity index is 2.28. The summed E-state index contributed by atoms with van der Waals surface area (Å²) in [6.45, 7) is 7.19. The number of phenolic OH excluding ortho intramolecular Hbond substituents is 1. The molecule has 0 aliphatic rings. The Morgan fingerprint density at radius 3 is 1.66 bits per heavy atom. The third kappa shape index (κ3) is 16.0. The topological polar surface area (TPSA) is 46.5 Å². The van der Waals surface area contributed by atoms with Gasteiger partial charge in [-0.1, -0.05) is 142 Å². The van der Waals surface area contributed by atoms with Gasteiger partial charge in [-0.2, -0.15) is 0 Å². The van der Waals surface area contributed by atoms with Crippen LogP contribution in [0, 0.1) is 5.92 Å². The molecule has 0 spiro atoms. The predicted octanol–water partition coefficient (Wildman–Crippen LogP) is 10.1. The molecule has 0 saturated heterocycles. The van der Waals surface area contributed by atoms with Gasteiger partial charge in [0.1, 0.15) is 5.75 Å². The van der Waals surface area contributed by atoms with E-state index in [9.17, 15) is 9.90 Å². The van der Waals surface area contributed by atoms with E-state index >= 15 is 0 Å². The first-order chi connectivity index (χ1) is 17.1. The minimum absolute atomic E-state index is 0.0969. The summed E-state index contributed by atoms with van der Waals surface area (Å²) in [5, 5.41) is 9.66. The highest BCUT2D eigenvalue weighted by molar-refractivity contribution is 5.78. The minimum Gasteiger partial charge on any atom is -0.508 e. The van der Waals surface area contributed by atoms with Gasteiger partial charge >= 0.3 is 5.97 Å². The zero-order chi connectivity index (χ0) is 25.6. The number of benzene rings is 1. The van der Waals surface area contributed by atoms with Crippen molar-refractivity contribution in [2.24, 2.45) is 5.92 Å². The summed E-state index contributed by atoms with van der Waals surface area (Å²) < 4.78 is 5.81. The molecule has 1 aromatic carbocycles. The van der Waals surface area contributed by atoms with Gasteiger partial charge in [0.05, 0.1) is 12.5 Å². The van der Waals surface area contributed by atoms with Crippen LogP contribution in [0.3, 0.4) is 0 Å². The van der Waals surface area contributed by atoms with Crippen LogP contribution < -0.4 is 0 Å². The monoisotopic (exact) mass is 488 g/mol. The average molecular weight is 489 g/mol. The molecule has 0 aliphatic carbocycles. The van der Waals surface area contributed by atoms with Crippen LogP contribution in [0.5, 0.6) is 5.75 Å². The molecule has 1 N–H and O–H groups in total. The van der Waals surface area contributed by atoms with E-state index in [0.29, 0.717) is 12.5 Å². The molecule has 0 amide bonds. The summed E-state index contributed by atoms with van der Waals surface area (Å²) in [6, 6.07) is 7.10. The zero-order valence-electron chi connectivity index (χ0n) is 23.4. The van der Waals surface area contributed by atoms with Crippen LogP contribution in [-0.4, -0.2) is 17.7 Å². The van der Waals surface area contributed by atoms with Gasteiger partial charge in [0.25, 0.3) is 0 Å². The third-order valence-electron chi connectivity index (χ3n) is 7.43. The van der Waals surface area contributed by atoms with E-state index in [1.165, 1.54) is 96.3 Å². The first kappa shape index (κ1) is 31.5. The number of carbonyl (C=O) groups excluding carboxylic acids is 1. The molecule has 0 saturated carbocycles. The first-order valence-corrected chi connectivity index (χ1v) is 15.1. The fourth-order valence-electron chi connectivity index (χ4n) is 4.87. The Kier molecular flexibility index (Phi) is 19.6. The van der Waals surface area contributed by atoms with Gasteiger partial charge in [-0.3, -0.25) is 4.79 Å². The summed E-state index contributed by atoms with van der Waals surface area (Å²) >= 11 is 0. The van der Waals surface area contributed by atoms with Crippen LogP contribution in [0.2, 0.25) is 0 Å². The number of aromatic hydroxyl groups is 1. The number of hydrogen-bond donors (Lipinski definition) is 1. The zero-order valence-corrected chi connectivity index (χ0v) is 23.4. The molecule has 1 aromatic rings. The standard InChI is InChI=1S/C32H56O3/c1-4-7-9-10-11-12-13-14-15-16-17-18-19-20-22-31(29-23-25-30(33)26-24-29)32(34)35-27-28(6-3)21-8-5-2/h23-26,28,31,33H,4-22,27H2,1-3H3. The summed E-state index contributed by atoms with van der Waals surface area (Å²) in [5.74, 6) is 0.375. The van der Waals surface area contributed by atoms with Gasteiger partial charge in [-0.05, 0) is 36.5 Å². The Hall–Kier alpha value is -1.51. The number of hydrogen-bond acceptors (Lipinski definition) is 3. The van der Waals surface area contributed by atoms with Gasteiger partial charge in [-0.25, -0.2) is 0 Å². The molecule has 0 radical (unpaired) electrons. The van der Waals surface area contributed by atoms with Crippen molar-refractivity contribution in [1.29, 1.82) is 0 Å². The number of phenols is 1. The van der Waals surface area contributed by atoms with E-state index in [1.54, 1.807) is 12.1 Å². The van der Waals surface area contributed by atoms with Crippen molar-refractivity contribution in [3.63, 3.8) is 0 Å². The van der Waals surface area contributed by atoms with Crippen molar-refractivity contribution < 1.29 is 14.6 Å². The lowest BCUT2D eigenvalue weighted by Gasteiger charge is -2.20. The molecule has 1 rings (SSSR count). The lowest BCUT2D eigenvalue weighted by Crippen LogP contribution is -2.20. The molecule has 2 unspecified atom stereocenters. The van der Waals surface area contributed by atoms with Crippen LogP contribution in [0.25, 0.3) is 0 Å². The van der Waals surface area contributed by atoms with E-state index in [-0.39, 0.29) is 17.6 Å². The Morgan fingerprint density at radius 2 is 1.17 bits per heavy atom. The maximum absolute atomic E-state index is 13.0. The van der Waals surface area contributed by atoms with Gasteiger partial charge in [0.15, 0.2) is 0 Å². The number of ether oxygens (including phenoxy) is 1. The molecule has 0 heterocycles. The molecule has 3 heteroatoms. The second-order valence-electron chi connectivity index (χ2n) is 10.6. The van der Waals surface area contributed by atoms with E-state index < -0.39 is 0 Å². The van der Waals surface area contributed by atoms with Crippen LogP contribution >= 0.6 is 0 Å².